The van der Waals surface area contributed by atoms with E-state index in [-0.39, 0.29) is 32.1 Å². The van der Waals surface area contributed by atoms with Crippen LogP contribution in [0.1, 0.15) is 0 Å². The van der Waals surface area contributed by atoms with Crippen LogP contribution in [0.4, 0.5) is 5.82 Å². The van der Waals surface area contributed by atoms with E-state index in [9.17, 15) is 4.79 Å². The zero-order valence-corrected chi connectivity index (χ0v) is 19.2. The first kappa shape index (κ1) is 23.7. The predicted molar refractivity (Wildman–Crippen MR) is 128 cm³/mol. The highest BCUT2D eigenvalue weighted by atomic mass is 32.1. The third-order valence-electron chi connectivity index (χ3n) is 4.97. The molecule has 9 nitrogen and oxygen atoms in total. The molecule has 4 rings (SSSR count). The van der Waals surface area contributed by atoms with Crippen LogP contribution in [0.5, 0.6) is 5.75 Å². The fourth-order valence-corrected chi connectivity index (χ4v) is 3.20. The van der Waals surface area contributed by atoms with Gasteiger partial charge in [-0.3, -0.25) is 9.78 Å². The van der Waals surface area contributed by atoms with Crippen molar-refractivity contribution in [3.8, 4) is 17.0 Å². The van der Waals surface area contributed by atoms with Crippen molar-refractivity contribution >= 4 is 36.3 Å². The normalized spacial score (nSPS) is 15.6. The molecule has 0 radical (unpaired) electrons. The molecule has 1 aliphatic rings. The molecule has 1 aliphatic heterocycles. The number of nitrogens with zero attached hydrogens (tertiary/aromatic N) is 4. The second kappa shape index (κ2) is 11.1. The summed E-state index contributed by atoms with van der Waals surface area (Å²) in [4.78, 5) is 26.9. The molecule has 2 N–H and O–H groups in total. The van der Waals surface area contributed by atoms with Crippen molar-refractivity contribution in [1.82, 2.24) is 25.2 Å². The first-order chi connectivity index (χ1) is 15.1. The molecule has 2 aromatic heterocycles. The summed E-state index contributed by atoms with van der Waals surface area (Å²) in [6.45, 7) is 3.01. The molecular weight excluding hydrogens is 428 g/mol. The van der Waals surface area contributed by atoms with E-state index in [1.165, 1.54) is 4.90 Å². The van der Waals surface area contributed by atoms with Gasteiger partial charge in [-0.2, -0.15) is 13.5 Å². The molecule has 170 valence electrons. The molecule has 1 aromatic carbocycles. The minimum atomic E-state index is -0.0910. The van der Waals surface area contributed by atoms with Gasteiger partial charge in [0, 0.05) is 51.7 Å². The Bertz CT molecular complexity index is 1040. The molecule has 0 bridgehead atoms. The van der Waals surface area contributed by atoms with E-state index in [2.05, 4.69) is 20.6 Å². The topological polar surface area (TPSA) is 102 Å². The lowest BCUT2D eigenvalue weighted by Crippen LogP contribution is -2.42. The molecule has 3 heterocycles. The van der Waals surface area contributed by atoms with E-state index in [1.54, 1.807) is 26.5 Å². The summed E-state index contributed by atoms with van der Waals surface area (Å²) in [6, 6.07) is 9.40. The number of amides is 1. The highest BCUT2D eigenvalue weighted by Crippen LogP contribution is 2.27. The molecule has 10 heteroatoms. The standard InChI is InChI=1S/C22H26N6O3.H2S/c1-28(2)20(29)14-31-16-5-3-15(4-6-16)18-11-19-21(25-8-7-24-19)22(27-18)26-13-17-12-23-9-10-30-17;/h3-8,11,17,23H,9-10,12-14H2,1-2H3,(H,26,27);1H2/t17-;/m0./s1. The van der Waals surface area contributed by atoms with Crippen molar-refractivity contribution in [2.45, 2.75) is 6.10 Å². The van der Waals surface area contributed by atoms with Gasteiger partial charge in [0.25, 0.3) is 5.91 Å². The number of carbonyl (C=O) groups excluding carboxylic acids is 1. The minimum absolute atomic E-state index is 0. The van der Waals surface area contributed by atoms with Crippen molar-refractivity contribution in [2.75, 3.05) is 52.3 Å². The van der Waals surface area contributed by atoms with Gasteiger partial charge >= 0.3 is 0 Å². The molecule has 0 unspecified atom stereocenters. The van der Waals surface area contributed by atoms with Crippen molar-refractivity contribution in [3.63, 3.8) is 0 Å². The first-order valence-corrected chi connectivity index (χ1v) is 10.2. The van der Waals surface area contributed by atoms with Crippen LogP contribution in [-0.2, 0) is 9.53 Å². The number of pyridine rings is 1. The van der Waals surface area contributed by atoms with Gasteiger partial charge < -0.3 is 25.0 Å². The molecule has 32 heavy (non-hydrogen) atoms. The third kappa shape index (κ3) is 5.84. The molecule has 1 amide bonds. The lowest BCUT2D eigenvalue weighted by atomic mass is 10.1. The summed E-state index contributed by atoms with van der Waals surface area (Å²) in [5, 5.41) is 6.70. The van der Waals surface area contributed by atoms with Crippen molar-refractivity contribution < 1.29 is 14.3 Å². The smallest absolute Gasteiger partial charge is 0.259 e. The van der Waals surface area contributed by atoms with Gasteiger partial charge in [0.05, 0.1) is 23.9 Å². The summed E-state index contributed by atoms with van der Waals surface area (Å²) in [6.07, 6.45) is 3.41. The minimum Gasteiger partial charge on any atom is -0.484 e. The van der Waals surface area contributed by atoms with Crippen LogP contribution < -0.4 is 15.4 Å². The molecule has 0 spiro atoms. The molecule has 1 saturated heterocycles. The summed E-state index contributed by atoms with van der Waals surface area (Å²) in [5.41, 5.74) is 3.17. The number of anilines is 1. The zero-order chi connectivity index (χ0) is 21.6. The maximum Gasteiger partial charge on any atom is 0.259 e. The van der Waals surface area contributed by atoms with Crippen molar-refractivity contribution in [2.24, 2.45) is 0 Å². The number of hydrogen-bond donors (Lipinski definition) is 2. The number of likely N-dealkylation sites (N-methyl/N-ethyl adjacent to an activating group) is 1. The van der Waals surface area contributed by atoms with Gasteiger partial charge in [0.2, 0.25) is 0 Å². The average molecular weight is 457 g/mol. The number of benzene rings is 1. The van der Waals surface area contributed by atoms with Crippen LogP contribution in [0.25, 0.3) is 22.3 Å². The number of ether oxygens (including phenoxy) is 2. The monoisotopic (exact) mass is 456 g/mol. The Morgan fingerprint density at radius 2 is 2.03 bits per heavy atom. The molecule has 1 atom stereocenters. The number of morpholine rings is 1. The number of rotatable bonds is 7. The second-order valence-electron chi connectivity index (χ2n) is 7.46. The largest absolute Gasteiger partial charge is 0.484 e. The fraction of sp³-hybridized carbons (Fsp3) is 0.364. The lowest BCUT2D eigenvalue weighted by molar-refractivity contribution is -0.130. The van der Waals surface area contributed by atoms with Gasteiger partial charge in [0.1, 0.15) is 11.3 Å². The summed E-state index contributed by atoms with van der Waals surface area (Å²) >= 11 is 0. The fourth-order valence-electron chi connectivity index (χ4n) is 3.20. The van der Waals surface area contributed by atoms with Crippen molar-refractivity contribution in [3.05, 3.63) is 42.7 Å². The Morgan fingerprint density at radius 3 is 2.75 bits per heavy atom. The van der Waals surface area contributed by atoms with E-state index in [0.717, 1.165) is 35.4 Å². The SMILES string of the molecule is CN(C)C(=O)COc1ccc(-c2cc3nccnc3c(NC[C@@H]3CNCCO3)n2)cc1.S. The first-order valence-electron chi connectivity index (χ1n) is 10.2. The third-order valence-corrected chi connectivity index (χ3v) is 4.97. The van der Waals surface area contributed by atoms with E-state index < -0.39 is 0 Å². The summed E-state index contributed by atoms with van der Waals surface area (Å²) in [5.74, 6) is 1.21. The molecule has 0 aliphatic carbocycles. The predicted octanol–water partition coefficient (Wildman–Crippen LogP) is 1.67. The van der Waals surface area contributed by atoms with Gasteiger partial charge in [-0.05, 0) is 30.3 Å². The molecule has 0 saturated carbocycles. The maximum atomic E-state index is 11.7. The number of fused-ring (bicyclic) bond motifs is 1. The van der Waals surface area contributed by atoms with Crippen LogP contribution in [0.2, 0.25) is 0 Å². The summed E-state index contributed by atoms with van der Waals surface area (Å²) in [7, 11) is 3.40. The van der Waals surface area contributed by atoms with Gasteiger partial charge in [-0.25, -0.2) is 9.97 Å². The Hall–Kier alpha value is -2.95. The Morgan fingerprint density at radius 1 is 1.25 bits per heavy atom. The van der Waals surface area contributed by atoms with Gasteiger partial charge in [-0.1, -0.05) is 0 Å². The van der Waals surface area contributed by atoms with Gasteiger partial charge in [0.15, 0.2) is 12.4 Å². The number of nitrogens with one attached hydrogen (secondary N) is 2. The highest BCUT2D eigenvalue weighted by molar-refractivity contribution is 7.59. The average Bonchev–Trinajstić information content (AvgIpc) is 2.81. The van der Waals surface area contributed by atoms with E-state index in [4.69, 9.17) is 14.5 Å². The Kier molecular flexibility index (Phi) is 8.20. The van der Waals surface area contributed by atoms with Crippen LogP contribution in [-0.4, -0.2) is 78.8 Å². The number of aromatic nitrogens is 3. The van der Waals surface area contributed by atoms with Crippen LogP contribution in [0.3, 0.4) is 0 Å². The molecule has 3 aromatic rings. The van der Waals surface area contributed by atoms with Crippen LogP contribution in [0, 0.1) is 0 Å². The molecule has 1 fully saturated rings. The van der Waals surface area contributed by atoms with E-state index >= 15 is 0 Å². The highest BCUT2D eigenvalue weighted by Gasteiger charge is 2.15. The van der Waals surface area contributed by atoms with Crippen molar-refractivity contribution in [1.29, 1.82) is 0 Å². The van der Waals surface area contributed by atoms with Crippen LogP contribution >= 0.6 is 13.5 Å². The lowest BCUT2D eigenvalue weighted by Gasteiger charge is -2.24. The Balaban J connectivity index is 0.00000289. The Labute approximate surface area is 194 Å². The summed E-state index contributed by atoms with van der Waals surface area (Å²) < 4.78 is 11.3. The van der Waals surface area contributed by atoms with Crippen LogP contribution in [0.15, 0.2) is 42.7 Å². The zero-order valence-electron chi connectivity index (χ0n) is 18.2. The maximum absolute atomic E-state index is 11.7. The molecular formula is C22H28N6O3S. The second-order valence-corrected chi connectivity index (χ2v) is 7.46. The number of carbonyl (C=O) groups is 1. The number of hydrogen-bond acceptors (Lipinski definition) is 8. The van der Waals surface area contributed by atoms with Gasteiger partial charge in [-0.15, -0.1) is 0 Å². The van der Waals surface area contributed by atoms with E-state index in [0.29, 0.717) is 24.7 Å². The van der Waals surface area contributed by atoms with E-state index in [1.807, 2.05) is 30.3 Å². The quantitative estimate of drug-likeness (QED) is 0.554.